The van der Waals surface area contributed by atoms with Crippen molar-refractivity contribution in [3.63, 3.8) is 0 Å². The SMILES string of the molecule is CCNC(C)C(c1nc(COC)no1)C(C)C. The van der Waals surface area contributed by atoms with Gasteiger partial charge in [0.2, 0.25) is 5.89 Å². The largest absolute Gasteiger partial charge is 0.377 e. The van der Waals surface area contributed by atoms with Gasteiger partial charge in [0, 0.05) is 13.2 Å². The number of ether oxygens (including phenoxy) is 1. The van der Waals surface area contributed by atoms with Gasteiger partial charge in [0.05, 0.1) is 5.92 Å². The van der Waals surface area contributed by atoms with E-state index in [0.29, 0.717) is 30.3 Å². The molecule has 2 unspecified atom stereocenters. The summed E-state index contributed by atoms with van der Waals surface area (Å²) in [7, 11) is 1.62. The molecule has 0 radical (unpaired) electrons. The van der Waals surface area contributed by atoms with Crippen molar-refractivity contribution < 1.29 is 9.26 Å². The monoisotopic (exact) mass is 241 g/mol. The molecule has 5 nitrogen and oxygen atoms in total. The zero-order valence-electron chi connectivity index (χ0n) is 11.4. The summed E-state index contributed by atoms with van der Waals surface area (Å²) >= 11 is 0. The quantitative estimate of drug-likeness (QED) is 0.790. The molecule has 0 bridgehead atoms. The molecule has 0 amide bonds. The zero-order valence-corrected chi connectivity index (χ0v) is 11.4. The molecule has 1 aromatic heterocycles. The maximum Gasteiger partial charge on any atom is 0.231 e. The summed E-state index contributed by atoms with van der Waals surface area (Å²) < 4.78 is 10.3. The molecule has 5 heteroatoms. The first-order chi connectivity index (χ1) is 8.10. The summed E-state index contributed by atoms with van der Waals surface area (Å²) in [6, 6.07) is 0.316. The lowest BCUT2D eigenvalue weighted by atomic mass is 9.89. The summed E-state index contributed by atoms with van der Waals surface area (Å²) in [6.07, 6.45) is 0. The van der Waals surface area contributed by atoms with Crippen molar-refractivity contribution in [3.8, 4) is 0 Å². The molecular formula is C12H23N3O2. The van der Waals surface area contributed by atoms with Crippen molar-refractivity contribution in [2.24, 2.45) is 5.92 Å². The summed E-state index contributed by atoms with van der Waals surface area (Å²) in [4.78, 5) is 4.38. The highest BCUT2D eigenvalue weighted by molar-refractivity contribution is 4.99. The van der Waals surface area contributed by atoms with E-state index in [-0.39, 0.29) is 5.92 Å². The first-order valence-electron chi connectivity index (χ1n) is 6.14. The maximum absolute atomic E-state index is 5.33. The second-order valence-corrected chi connectivity index (χ2v) is 4.60. The van der Waals surface area contributed by atoms with Crippen LogP contribution in [0.3, 0.4) is 0 Å². The van der Waals surface area contributed by atoms with Crippen molar-refractivity contribution >= 4 is 0 Å². The van der Waals surface area contributed by atoms with Gasteiger partial charge in [-0.05, 0) is 19.4 Å². The van der Waals surface area contributed by atoms with E-state index in [1.165, 1.54) is 0 Å². The third kappa shape index (κ3) is 3.78. The van der Waals surface area contributed by atoms with Crippen molar-refractivity contribution in [1.82, 2.24) is 15.5 Å². The van der Waals surface area contributed by atoms with Gasteiger partial charge in [0.15, 0.2) is 5.82 Å². The Kier molecular flexibility index (Phi) is 5.58. The van der Waals surface area contributed by atoms with E-state index >= 15 is 0 Å². The third-order valence-corrected chi connectivity index (χ3v) is 2.83. The topological polar surface area (TPSA) is 60.2 Å². The Morgan fingerprint density at radius 3 is 2.59 bits per heavy atom. The fourth-order valence-corrected chi connectivity index (χ4v) is 2.12. The van der Waals surface area contributed by atoms with Crippen LogP contribution in [0.2, 0.25) is 0 Å². The Balaban J connectivity index is 2.81. The minimum absolute atomic E-state index is 0.230. The average molecular weight is 241 g/mol. The van der Waals surface area contributed by atoms with Gasteiger partial charge in [0.25, 0.3) is 0 Å². The Morgan fingerprint density at radius 2 is 2.06 bits per heavy atom. The van der Waals surface area contributed by atoms with E-state index in [0.717, 1.165) is 6.54 Å². The Labute approximate surface area is 103 Å². The Morgan fingerprint density at radius 1 is 1.35 bits per heavy atom. The number of methoxy groups -OCH3 is 1. The molecular weight excluding hydrogens is 218 g/mol. The normalized spacial score (nSPS) is 15.2. The Hall–Kier alpha value is -0.940. The molecule has 98 valence electrons. The lowest BCUT2D eigenvalue weighted by molar-refractivity contribution is 0.174. The standard InChI is InChI=1S/C12H23N3O2/c1-6-13-9(4)11(8(2)3)12-14-10(7-16-5)15-17-12/h8-9,11,13H,6-7H2,1-5H3. The zero-order chi connectivity index (χ0) is 12.8. The molecule has 0 saturated heterocycles. The predicted octanol–water partition coefficient (Wildman–Crippen LogP) is 1.95. The maximum atomic E-state index is 5.33. The number of nitrogens with one attached hydrogen (secondary N) is 1. The van der Waals surface area contributed by atoms with Gasteiger partial charge in [-0.15, -0.1) is 0 Å². The summed E-state index contributed by atoms with van der Waals surface area (Å²) in [5.74, 6) is 1.98. The molecule has 1 aromatic rings. The Bertz CT molecular complexity index is 325. The number of aromatic nitrogens is 2. The number of hydrogen-bond donors (Lipinski definition) is 1. The second kappa shape index (κ2) is 6.71. The van der Waals surface area contributed by atoms with Crippen molar-refractivity contribution in [2.45, 2.75) is 46.3 Å². The van der Waals surface area contributed by atoms with Crippen LogP contribution in [0, 0.1) is 5.92 Å². The molecule has 0 saturated carbocycles. The van der Waals surface area contributed by atoms with Gasteiger partial charge in [-0.2, -0.15) is 4.98 Å². The van der Waals surface area contributed by atoms with Crippen LogP contribution in [0.4, 0.5) is 0 Å². The van der Waals surface area contributed by atoms with Crippen LogP contribution in [0.1, 0.15) is 45.3 Å². The summed E-state index contributed by atoms with van der Waals surface area (Å²) in [5, 5.41) is 7.32. The third-order valence-electron chi connectivity index (χ3n) is 2.83. The van der Waals surface area contributed by atoms with Crippen LogP contribution in [0.25, 0.3) is 0 Å². The summed E-state index contributed by atoms with van der Waals surface area (Å²) in [5.41, 5.74) is 0. The van der Waals surface area contributed by atoms with Crippen LogP contribution in [0.15, 0.2) is 4.52 Å². The molecule has 1 heterocycles. The van der Waals surface area contributed by atoms with Crippen LogP contribution in [-0.2, 0) is 11.3 Å². The average Bonchev–Trinajstić information content (AvgIpc) is 2.67. The van der Waals surface area contributed by atoms with Crippen molar-refractivity contribution in [3.05, 3.63) is 11.7 Å². The number of nitrogens with zero attached hydrogens (tertiary/aromatic N) is 2. The van der Waals surface area contributed by atoms with E-state index in [9.17, 15) is 0 Å². The van der Waals surface area contributed by atoms with Gasteiger partial charge in [-0.3, -0.25) is 0 Å². The minimum Gasteiger partial charge on any atom is -0.377 e. The highest BCUT2D eigenvalue weighted by Gasteiger charge is 2.27. The van der Waals surface area contributed by atoms with Gasteiger partial charge in [-0.1, -0.05) is 25.9 Å². The van der Waals surface area contributed by atoms with Gasteiger partial charge in [-0.25, -0.2) is 0 Å². The number of hydrogen-bond acceptors (Lipinski definition) is 5. The fourth-order valence-electron chi connectivity index (χ4n) is 2.12. The van der Waals surface area contributed by atoms with Crippen LogP contribution in [0.5, 0.6) is 0 Å². The van der Waals surface area contributed by atoms with E-state index < -0.39 is 0 Å². The molecule has 2 atom stereocenters. The van der Waals surface area contributed by atoms with Crippen molar-refractivity contribution in [1.29, 1.82) is 0 Å². The van der Waals surface area contributed by atoms with Gasteiger partial charge >= 0.3 is 0 Å². The molecule has 0 fully saturated rings. The molecule has 17 heavy (non-hydrogen) atoms. The van der Waals surface area contributed by atoms with E-state index in [1.54, 1.807) is 7.11 Å². The molecule has 0 aliphatic heterocycles. The fraction of sp³-hybridized carbons (Fsp3) is 0.833. The van der Waals surface area contributed by atoms with Crippen LogP contribution < -0.4 is 5.32 Å². The highest BCUT2D eigenvalue weighted by Crippen LogP contribution is 2.26. The lowest BCUT2D eigenvalue weighted by Crippen LogP contribution is -2.34. The van der Waals surface area contributed by atoms with Gasteiger partial charge in [0.1, 0.15) is 6.61 Å². The predicted molar refractivity (Wildman–Crippen MR) is 65.7 cm³/mol. The molecule has 1 rings (SSSR count). The smallest absolute Gasteiger partial charge is 0.231 e. The first-order valence-corrected chi connectivity index (χ1v) is 6.14. The van der Waals surface area contributed by atoms with Crippen LogP contribution in [-0.4, -0.2) is 29.8 Å². The van der Waals surface area contributed by atoms with Crippen LogP contribution >= 0.6 is 0 Å². The minimum atomic E-state index is 0.230. The molecule has 0 spiro atoms. The van der Waals surface area contributed by atoms with E-state index in [2.05, 4.69) is 43.2 Å². The highest BCUT2D eigenvalue weighted by atomic mass is 16.5. The molecule has 0 aliphatic carbocycles. The second-order valence-electron chi connectivity index (χ2n) is 4.60. The molecule has 0 aliphatic rings. The first kappa shape index (κ1) is 14.1. The van der Waals surface area contributed by atoms with Gasteiger partial charge < -0.3 is 14.6 Å². The van der Waals surface area contributed by atoms with E-state index in [4.69, 9.17) is 9.26 Å². The lowest BCUT2D eigenvalue weighted by Gasteiger charge is -2.24. The number of rotatable bonds is 7. The number of likely N-dealkylation sites (N-methyl/N-ethyl adjacent to an activating group) is 1. The van der Waals surface area contributed by atoms with Crippen molar-refractivity contribution in [2.75, 3.05) is 13.7 Å². The molecule has 1 N–H and O–H groups in total. The van der Waals surface area contributed by atoms with E-state index in [1.807, 2.05) is 0 Å². The summed E-state index contributed by atoms with van der Waals surface area (Å²) in [6.45, 7) is 9.90. The molecule has 0 aromatic carbocycles.